The monoisotopic (exact) mass is 650 g/mol. The number of aliphatic imine (C=N–C) groups is 1. The fourth-order valence-electron chi connectivity index (χ4n) is 7.65. The Hall–Kier alpha value is -3.58. The Kier molecular flexibility index (Phi) is 12.9. The molecule has 1 amide bonds. The molecule has 0 aromatic carbocycles. The smallest absolute Gasteiger partial charge is 0.316 e. The molecule has 47 heavy (non-hydrogen) atoms. The van der Waals surface area contributed by atoms with Crippen molar-refractivity contribution in [1.29, 1.82) is 0 Å². The molecular weight excluding hydrogens is 596 g/mol. The van der Waals surface area contributed by atoms with Gasteiger partial charge in [0.2, 0.25) is 5.91 Å². The van der Waals surface area contributed by atoms with Crippen molar-refractivity contribution in [3.05, 3.63) is 23.9 Å². The number of esters is 1. The van der Waals surface area contributed by atoms with Crippen LogP contribution in [0.4, 0.5) is 5.82 Å². The van der Waals surface area contributed by atoms with Crippen molar-refractivity contribution >= 4 is 34.9 Å². The number of hydrogen-bond donors (Lipinski definition) is 2. The first-order valence-corrected chi connectivity index (χ1v) is 17.0. The molecule has 1 saturated heterocycles. The summed E-state index contributed by atoms with van der Waals surface area (Å²) in [6.45, 7) is 16.8. The van der Waals surface area contributed by atoms with Gasteiger partial charge in [-0.2, -0.15) is 0 Å². The highest BCUT2D eigenvalue weighted by molar-refractivity contribution is 6.00. The van der Waals surface area contributed by atoms with E-state index in [1.54, 1.807) is 32.0 Å². The molecular formula is C37H54N4O6. The van der Waals surface area contributed by atoms with Crippen LogP contribution in [0, 0.1) is 52.8 Å². The summed E-state index contributed by atoms with van der Waals surface area (Å²) in [6, 6.07) is 5.25. The summed E-state index contributed by atoms with van der Waals surface area (Å²) in [7, 11) is 0. The number of ketones is 1. The van der Waals surface area contributed by atoms with E-state index in [4.69, 9.17) is 15.3 Å². The van der Waals surface area contributed by atoms with Gasteiger partial charge in [0.1, 0.15) is 34.9 Å². The lowest BCUT2D eigenvalue weighted by molar-refractivity contribution is -0.178. The topological polar surface area (TPSA) is 154 Å². The summed E-state index contributed by atoms with van der Waals surface area (Å²) in [5.74, 6) is 2.71. The van der Waals surface area contributed by atoms with E-state index < -0.39 is 40.8 Å². The van der Waals surface area contributed by atoms with Gasteiger partial charge >= 0.3 is 5.97 Å². The molecule has 10 nitrogen and oxygen atoms in total. The van der Waals surface area contributed by atoms with Gasteiger partial charge < -0.3 is 20.4 Å². The molecule has 1 aromatic rings. The number of carbonyl (C=O) groups is 3. The number of Topliss-reactive ketones (excluding diaryl/α,β-unsaturated/α-hetero) is 1. The summed E-state index contributed by atoms with van der Waals surface area (Å²) in [5.41, 5.74) is 5.92. The third-order valence-corrected chi connectivity index (χ3v) is 10.8. The molecule has 2 fully saturated rings. The number of fused-ring (bicyclic) bond motifs is 5. The quantitative estimate of drug-likeness (QED) is 0.137. The molecule has 2 aliphatic rings. The summed E-state index contributed by atoms with van der Waals surface area (Å²) >= 11 is 0. The second kappa shape index (κ2) is 16.0. The van der Waals surface area contributed by atoms with E-state index in [-0.39, 0.29) is 36.1 Å². The van der Waals surface area contributed by atoms with Crippen molar-refractivity contribution in [2.45, 2.75) is 113 Å². The Labute approximate surface area is 280 Å². The van der Waals surface area contributed by atoms with Crippen molar-refractivity contribution < 1.29 is 29.1 Å². The number of nitrogens with zero attached hydrogens (tertiary/aromatic N) is 3. The molecule has 0 unspecified atom stereocenters. The minimum atomic E-state index is -1.51. The second-order valence-electron chi connectivity index (χ2n) is 14.2. The van der Waals surface area contributed by atoms with Crippen LogP contribution in [-0.2, 0) is 24.0 Å². The Balaban J connectivity index is 2.15. The molecule has 2 heterocycles. The summed E-state index contributed by atoms with van der Waals surface area (Å²) in [5, 5.41) is 16.8. The number of pyridine rings is 1. The van der Waals surface area contributed by atoms with Crippen LogP contribution in [0.25, 0.3) is 0 Å². The van der Waals surface area contributed by atoms with Crippen LogP contribution in [0.1, 0.15) is 107 Å². The third kappa shape index (κ3) is 9.28. The highest BCUT2D eigenvalue weighted by Crippen LogP contribution is 2.47. The van der Waals surface area contributed by atoms with E-state index in [1.165, 1.54) is 6.92 Å². The second-order valence-corrected chi connectivity index (χ2v) is 14.2. The summed E-state index contributed by atoms with van der Waals surface area (Å²) in [4.78, 5) is 54.1. The van der Waals surface area contributed by atoms with E-state index >= 15 is 0 Å². The number of carbonyl (C=O) groups excluding carboxylic acids is 3. The van der Waals surface area contributed by atoms with Gasteiger partial charge in [0.15, 0.2) is 6.61 Å². The van der Waals surface area contributed by atoms with Gasteiger partial charge in [0.25, 0.3) is 0 Å². The first kappa shape index (κ1) is 37.9. The maximum Gasteiger partial charge on any atom is 0.316 e. The number of rotatable bonds is 3. The lowest BCUT2D eigenvalue weighted by atomic mass is 9.62. The number of nitrogens with two attached hydrogens (primary N) is 1. The van der Waals surface area contributed by atoms with Crippen molar-refractivity contribution in [2.75, 3.05) is 12.3 Å². The first-order valence-electron chi connectivity index (χ1n) is 17.0. The number of aromatic nitrogens is 1. The molecule has 3 N–H and O–H groups in total. The van der Waals surface area contributed by atoms with Gasteiger partial charge in [0.05, 0.1) is 5.71 Å². The molecule has 0 spiro atoms. The zero-order valence-corrected chi connectivity index (χ0v) is 29.6. The van der Waals surface area contributed by atoms with E-state index in [0.717, 1.165) is 5.71 Å². The van der Waals surface area contributed by atoms with Crippen molar-refractivity contribution in [3.8, 4) is 11.8 Å². The first-order chi connectivity index (χ1) is 22.0. The zero-order valence-electron chi connectivity index (χ0n) is 29.6. The maximum atomic E-state index is 13.8. The SMILES string of the molecule is CC[C@H]1OC(=O)[C@H](C)C(=O)[C@H](C)[C@@H](C)[C@]2(C)CC/C(=N/OCC#Cc3cccc(N)n3)CC[C@H]([C@@H](C)/C(=N/C(C)=O)[C@H](C)C2)[C@]1(C)O. The molecule has 1 aromatic heterocycles. The van der Waals surface area contributed by atoms with E-state index in [0.29, 0.717) is 55.7 Å². The normalized spacial score (nSPS) is 35.9. The van der Waals surface area contributed by atoms with Crippen LogP contribution in [0.5, 0.6) is 0 Å². The van der Waals surface area contributed by atoms with Crippen molar-refractivity contribution in [2.24, 2.45) is 51.1 Å². The molecule has 3 rings (SSSR count). The Bertz CT molecular complexity index is 1430. The number of ether oxygens (including phenoxy) is 1. The number of aliphatic hydroxyl groups is 1. The van der Waals surface area contributed by atoms with Gasteiger partial charge in [-0.15, -0.1) is 0 Å². The Morgan fingerprint density at radius 3 is 2.49 bits per heavy atom. The number of cyclic esters (lactones) is 1. The number of oxime groups is 1. The van der Waals surface area contributed by atoms with Gasteiger partial charge in [-0.3, -0.25) is 14.4 Å². The van der Waals surface area contributed by atoms with Crippen LogP contribution in [0.3, 0.4) is 0 Å². The standard InChI is InChI=1S/C37H54N4O6/c1-10-31-37(9,45)30-17-16-29(41-46-20-12-14-28-13-11-15-32(38)40-28)18-19-36(8,21-22(2)33(24(30)4)39-27(7)42)26(6)23(3)34(43)25(5)35(44)47-31/h11,13,15,22-26,30-31,45H,10,16-21H2,1-9H3,(H2,38,40)/b39-33+,41-29+/t22-,23-,24-,25-,26-,30-,31-,36-,37+/m1/s1. The molecule has 2 bridgehead atoms. The summed E-state index contributed by atoms with van der Waals surface area (Å²) < 4.78 is 5.96. The van der Waals surface area contributed by atoms with E-state index in [2.05, 4.69) is 47.7 Å². The van der Waals surface area contributed by atoms with Crippen molar-refractivity contribution in [3.63, 3.8) is 0 Å². The minimum absolute atomic E-state index is 0.0505. The average molecular weight is 651 g/mol. The highest BCUT2D eigenvalue weighted by atomic mass is 16.6. The number of amides is 1. The van der Waals surface area contributed by atoms with Gasteiger partial charge in [-0.25, -0.2) is 9.98 Å². The lowest BCUT2D eigenvalue weighted by Gasteiger charge is -2.44. The molecule has 1 saturated carbocycles. The molecule has 258 valence electrons. The molecule has 10 heteroatoms. The molecule has 1 aliphatic heterocycles. The zero-order chi connectivity index (χ0) is 35.1. The van der Waals surface area contributed by atoms with Crippen LogP contribution >= 0.6 is 0 Å². The minimum Gasteiger partial charge on any atom is -0.459 e. The highest BCUT2D eigenvalue weighted by Gasteiger charge is 2.49. The average Bonchev–Trinajstić information content (AvgIpc) is 3.03. The van der Waals surface area contributed by atoms with Crippen LogP contribution in [0.15, 0.2) is 28.3 Å². The lowest BCUT2D eigenvalue weighted by Crippen LogP contribution is -2.53. The van der Waals surface area contributed by atoms with Gasteiger partial charge in [-0.1, -0.05) is 58.7 Å². The predicted octanol–water partition coefficient (Wildman–Crippen LogP) is 5.80. The fraction of sp³-hybridized carbons (Fsp3) is 0.676. The third-order valence-electron chi connectivity index (χ3n) is 10.8. The Morgan fingerprint density at radius 1 is 1.15 bits per heavy atom. The van der Waals surface area contributed by atoms with Gasteiger partial charge in [-0.05, 0) is 93.6 Å². The largest absolute Gasteiger partial charge is 0.459 e. The van der Waals surface area contributed by atoms with E-state index in [9.17, 15) is 19.5 Å². The van der Waals surface area contributed by atoms with Crippen LogP contribution in [0.2, 0.25) is 0 Å². The number of anilines is 1. The van der Waals surface area contributed by atoms with Crippen molar-refractivity contribution in [1.82, 2.24) is 4.98 Å². The van der Waals surface area contributed by atoms with Crippen LogP contribution in [-0.4, -0.2) is 57.5 Å². The number of nitrogen functional groups attached to an aromatic ring is 1. The van der Waals surface area contributed by atoms with E-state index in [1.807, 2.05) is 20.8 Å². The molecule has 0 radical (unpaired) electrons. The number of hydrogen-bond acceptors (Lipinski definition) is 9. The molecule has 1 aliphatic carbocycles. The van der Waals surface area contributed by atoms with Crippen LogP contribution < -0.4 is 5.73 Å². The summed E-state index contributed by atoms with van der Waals surface area (Å²) in [6.07, 6.45) is 2.37. The predicted molar refractivity (Wildman–Crippen MR) is 183 cm³/mol. The molecule has 9 atom stereocenters. The Morgan fingerprint density at radius 2 is 1.85 bits per heavy atom. The van der Waals surface area contributed by atoms with Gasteiger partial charge in [0, 0.05) is 24.5 Å². The maximum absolute atomic E-state index is 13.8. The fourth-order valence-corrected chi connectivity index (χ4v) is 7.65.